The van der Waals surface area contributed by atoms with Crippen molar-refractivity contribution in [3.63, 3.8) is 0 Å². The number of thiazole rings is 1. The second kappa shape index (κ2) is 2.57. The molecule has 2 heteroatoms. The van der Waals surface area contributed by atoms with Crippen molar-refractivity contribution >= 4 is 11.3 Å². The number of allylic oxidation sites excluding steroid dienone is 4. The van der Waals surface area contributed by atoms with Gasteiger partial charge in [-0.3, -0.25) is 0 Å². The summed E-state index contributed by atoms with van der Waals surface area (Å²) in [6.07, 6.45) is 10.2. The molecule has 0 aliphatic heterocycles. The van der Waals surface area contributed by atoms with Crippen molar-refractivity contribution in [1.29, 1.82) is 0 Å². The molecule has 0 spiro atoms. The molecule has 14 heavy (non-hydrogen) atoms. The van der Waals surface area contributed by atoms with Crippen LogP contribution in [0.1, 0.15) is 22.0 Å². The third-order valence-electron chi connectivity index (χ3n) is 3.25. The quantitative estimate of drug-likeness (QED) is 0.683. The summed E-state index contributed by atoms with van der Waals surface area (Å²) in [4.78, 5) is 6.07. The Hall–Kier alpha value is -0.890. The van der Waals surface area contributed by atoms with Crippen molar-refractivity contribution < 1.29 is 0 Å². The van der Waals surface area contributed by atoms with E-state index in [1.54, 1.807) is 0 Å². The van der Waals surface area contributed by atoms with Crippen molar-refractivity contribution in [1.82, 2.24) is 4.98 Å². The van der Waals surface area contributed by atoms with E-state index >= 15 is 0 Å². The van der Waals surface area contributed by atoms with Gasteiger partial charge in [-0.2, -0.15) is 0 Å². The molecule has 1 nitrogen and oxygen atoms in total. The summed E-state index contributed by atoms with van der Waals surface area (Å²) < 4.78 is 0. The molecule has 0 amide bonds. The van der Waals surface area contributed by atoms with Gasteiger partial charge in [-0.25, -0.2) is 4.98 Å². The van der Waals surface area contributed by atoms with Crippen LogP contribution in [0.3, 0.4) is 0 Å². The van der Waals surface area contributed by atoms with Crippen LogP contribution >= 0.6 is 11.3 Å². The number of hydrogen-bond donors (Lipinski definition) is 0. The molecule has 0 aromatic carbocycles. The third kappa shape index (κ3) is 0.976. The van der Waals surface area contributed by atoms with Gasteiger partial charge in [0.15, 0.2) is 0 Å². The van der Waals surface area contributed by atoms with E-state index in [2.05, 4.69) is 43.1 Å². The fraction of sp³-hybridized carbons (Fsp3) is 0.417. The number of aromatic nitrogens is 1. The molecule has 2 aliphatic rings. The summed E-state index contributed by atoms with van der Waals surface area (Å²) in [5.41, 5.74) is 1.61. The summed E-state index contributed by atoms with van der Waals surface area (Å²) >= 11 is 1.82. The maximum absolute atomic E-state index is 4.68. The SMILES string of the molecule is Cc1nc(C23C=CC=CC2C3)c(C)s1. The van der Waals surface area contributed by atoms with E-state index in [1.165, 1.54) is 22.0 Å². The van der Waals surface area contributed by atoms with Crippen LogP contribution in [-0.4, -0.2) is 4.98 Å². The molecular formula is C12H13NS. The Bertz CT molecular complexity index is 441. The molecular weight excluding hydrogens is 190 g/mol. The van der Waals surface area contributed by atoms with Crippen LogP contribution in [0.25, 0.3) is 0 Å². The Balaban J connectivity index is 2.09. The monoisotopic (exact) mass is 203 g/mol. The molecule has 0 radical (unpaired) electrons. The molecule has 0 bridgehead atoms. The fourth-order valence-corrected chi connectivity index (χ4v) is 3.39. The standard InChI is InChI=1S/C12H13NS/c1-8-11(13-9(2)14-8)12-6-4-3-5-10(12)7-12/h3-6,10H,7H2,1-2H3. The van der Waals surface area contributed by atoms with E-state index in [9.17, 15) is 0 Å². The largest absolute Gasteiger partial charge is 0.245 e. The first-order valence-electron chi connectivity index (χ1n) is 5.03. The Kier molecular flexibility index (Phi) is 1.55. The van der Waals surface area contributed by atoms with Gasteiger partial charge in [0, 0.05) is 10.3 Å². The Morgan fingerprint density at radius 1 is 1.43 bits per heavy atom. The maximum Gasteiger partial charge on any atom is 0.0900 e. The molecule has 2 unspecified atom stereocenters. The number of hydrogen-bond acceptors (Lipinski definition) is 2. The van der Waals surface area contributed by atoms with Crippen LogP contribution in [0.2, 0.25) is 0 Å². The molecule has 0 N–H and O–H groups in total. The smallest absolute Gasteiger partial charge is 0.0900 e. The molecule has 3 rings (SSSR count). The van der Waals surface area contributed by atoms with E-state index in [-0.39, 0.29) is 5.41 Å². The number of nitrogens with zero attached hydrogens (tertiary/aromatic N) is 1. The molecule has 1 aromatic heterocycles. The Morgan fingerprint density at radius 3 is 2.93 bits per heavy atom. The van der Waals surface area contributed by atoms with Gasteiger partial charge in [-0.05, 0) is 26.2 Å². The second-order valence-electron chi connectivity index (χ2n) is 4.23. The highest BCUT2D eigenvalue weighted by atomic mass is 32.1. The Labute approximate surface area is 88.2 Å². The summed E-state index contributed by atoms with van der Waals surface area (Å²) in [7, 11) is 0. The summed E-state index contributed by atoms with van der Waals surface area (Å²) in [6, 6.07) is 0. The first kappa shape index (κ1) is 8.42. The highest BCUT2D eigenvalue weighted by molar-refractivity contribution is 7.11. The summed E-state index contributed by atoms with van der Waals surface area (Å²) in [5, 5.41) is 1.19. The van der Waals surface area contributed by atoms with Gasteiger partial charge in [0.05, 0.1) is 10.7 Å². The zero-order valence-electron chi connectivity index (χ0n) is 8.45. The zero-order valence-corrected chi connectivity index (χ0v) is 9.27. The lowest BCUT2D eigenvalue weighted by molar-refractivity contribution is 0.777. The number of fused-ring (bicyclic) bond motifs is 1. The highest BCUT2D eigenvalue weighted by Gasteiger charge is 2.54. The van der Waals surface area contributed by atoms with Crippen molar-refractivity contribution in [3.05, 3.63) is 39.9 Å². The lowest BCUT2D eigenvalue weighted by Gasteiger charge is -2.11. The minimum Gasteiger partial charge on any atom is -0.245 e. The van der Waals surface area contributed by atoms with E-state index in [0.717, 1.165) is 0 Å². The predicted molar refractivity (Wildman–Crippen MR) is 59.7 cm³/mol. The molecule has 1 heterocycles. The third-order valence-corrected chi connectivity index (χ3v) is 4.14. The van der Waals surface area contributed by atoms with Crippen LogP contribution < -0.4 is 0 Å². The lowest BCUT2D eigenvalue weighted by atomic mass is 9.95. The van der Waals surface area contributed by atoms with E-state index < -0.39 is 0 Å². The van der Waals surface area contributed by atoms with Crippen molar-refractivity contribution in [2.75, 3.05) is 0 Å². The van der Waals surface area contributed by atoms with Crippen LogP contribution in [0.5, 0.6) is 0 Å². The summed E-state index contributed by atoms with van der Waals surface area (Å²) in [6.45, 7) is 4.29. The average molecular weight is 203 g/mol. The van der Waals surface area contributed by atoms with Gasteiger partial charge in [-0.15, -0.1) is 11.3 Å². The van der Waals surface area contributed by atoms with Gasteiger partial charge in [0.1, 0.15) is 0 Å². The number of rotatable bonds is 1. The number of aryl methyl sites for hydroxylation is 2. The van der Waals surface area contributed by atoms with E-state index in [4.69, 9.17) is 0 Å². The lowest BCUT2D eigenvalue weighted by Crippen LogP contribution is -2.09. The van der Waals surface area contributed by atoms with Gasteiger partial charge in [0.2, 0.25) is 0 Å². The molecule has 0 saturated heterocycles. The van der Waals surface area contributed by atoms with E-state index in [1.807, 2.05) is 11.3 Å². The topological polar surface area (TPSA) is 12.9 Å². The van der Waals surface area contributed by atoms with Crippen molar-refractivity contribution in [2.24, 2.45) is 5.92 Å². The average Bonchev–Trinajstić information content (AvgIpc) is 2.80. The minimum atomic E-state index is 0.281. The second-order valence-corrected chi connectivity index (χ2v) is 5.64. The van der Waals surface area contributed by atoms with E-state index in [0.29, 0.717) is 5.92 Å². The van der Waals surface area contributed by atoms with Crippen LogP contribution in [0, 0.1) is 19.8 Å². The van der Waals surface area contributed by atoms with Crippen LogP contribution in [0.15, 0.2) is 24.3 Å². The summed E-state index contributed by atoms with van der Waals surface area (Å²) in [5.74, 6) is 0.715. The fourth-order valence-electron chi connectivity index (χ4n) is 2.47. The van der Waals surface area contributed by atoms with Crippen LogP contribution in [-0.2, 0) is 5.41 Å². The van der Waals surface area contributed by atoms with Crippen molar-refractivity contribution in [2.45, 2.75) is 25.7 Å². The first-order valence-corrected chi connectivity index (χ1v) is 5.84. The maximum atomic E-state index is 4.68. The molecule has 1 fully saturated rings. The molecule has 1 aromatic rings. The van der Waals surface area contributed by atoms with Gasteiger partial charge < -0.3 is 0 Å². The normalized spacial score (nSPS) is 33.1. The molecule has 72 valence electrons. The molecule has 1 saturated carbocycles. The van der Waals surface area contributed by atoms with Gasteiger partial charge in [-0.1, -0.05) is 24.3 Å². The van der Waals surface area contributed by atoms with Crippen LogP contribution in [0.4, 0.5) is 0 Å². The van der Waals surface area contributed by atoms with Crippen molar-refractivity contribution in [3.8, 4) is 0 Å². The molecule has 2 atom stereocenters. The van der Waals surface area contributed by atoms with Gasteiger partial charge >= 0.3 is 0 Å². The van der Waals surface area contributed by atoms with Gasteiger partial charge in [0.25, 0.3) is 0 Å². The highest BCUT2D eigenvalue weighted by Crippen LogP contribution is 2.58. The zero-order chi connectivity index (χ0) is 9.76. The predicted octanol–water partition coefficient (Wildman–Crippen LogP) is 3.14. The Morgan fingerprint density at radius 2 is 2.29 bits per heavy atom. The first-order chi connectivity index (χ1) is 6.72. The molecule has 2 aliphatic carbocycles. The minimum absolute atomic E-state index is 0.281.